The highest BCUT2D eigenvalue weighted by molar-refractivity contribution is 5.96. The van der Waals surface area contributed by atoms with E-state index in [2.05, 4.69) is 167 Å². The van der Waals surface area contributed by atoms with E-state index >= 15 is 0 Å². The zero-order valence-corrected chi connectivity index (χ0v) is 32.8. The lowest BCUT2D eigenvalue weighted by atomic mass is 9.96. The van der Waals surface area contributed by atoms with E-state index in [4.69, 9.17) is 5.26 Å². The first kappa shape index (κ1) is 39.4. The minimum atomic E-state index is 0.759. The van der Waals surface area contributed by atoms with Crippen molar-refractivity contribution in [1.82, 2.24) is 19.6 Å². The van der Waals surface area contributed by atoms with Crippen molar-refractivity contribution in [3.63, 3.8) is 0 Å². The van der Waals surface area contributed by atoms with E-state index in [0.717, 1.165) is 49.4 Å². The lowest BCUT2D eigenvalue weighted by Crippen LogP contribution is -2.28. The number of benzene rings is 6. The third kappa shape index (κ3) is 10.9. The first-order valence-electron chi connectivity index (χ1n) is 19.7. The third-order valence-corrected chi connectivity index (χ3v) is 10.8. The van der Waals surface area contributed by atoms with Crippen LogP contribution in [0.1, 0.15) is 36.5 Å². The molecule has 0 radical (unpaired) electrons. The van der Waals surface area contributed by atoms with Gasteiger partial charge in [-0.25, -0.2) is 0 Å². The van der Waals surface area contributed by atoms with Gasteiger partial charge in [0.2, 0.25) is 0 Å². The number of fused-ring (bicyclic) bond motifs is 2. The molecule has 0 aromatic heterocycles. The fourth-order valence-corrected chi connectivity index (χ4v) is 7.69. The van der Waals surface area contributed by atoms with Gasteiger partial charge >= 0.3 is 0 Å². The van der Waals surface area contributed by atoms with E-state index in [1.165, 1.54) is 96.3 Å². The largest absolute Gasteiger partial charge is 0.305 e. The lowest BCUT2D eigenvalue weighted by Gasteiger charge is -2.20. The molecule has 0 spiro atoms. The second-order valence-corrected chi connectivity index (χ2v) is 14.9. The average molecular weight is 727 g/mol. The molecule has 0 N–H and O–H groups in total. The summed E-state index contributed by atoms with van der Waals surface area (Å²) in [7, 11) is 4.41. The van der Waals surface area contributed by atoms with Gasteiger partial charge in [-0.3, -0.25) is 9.80 Å². The Kier molecular flexibility index (Phi) is 14.2. The van der Waals surface area contributed by atoms with Crippen LogP contribution in [0.2, 0.25) is 0 Å². The van der Waals surface area contributed by atoms with Gasteiger partial charge in [-0.05, 0) is 120 Å². The fraction of sp³-hybridized carbons (Fsp3) is 0.306. The van der Waals surface area contributed by atoms with Gasteiger partial charge in [0.25, 0.3) is 0 Å². The molecule has 0 amide bonds. The van der Waals surface area contributed by atoms with Crippen molar-refractivity contribution in [1.29, 1.82) is 10.5 Å². The highest BCUT2D eigenvalue weighted by Crippen LogP contribution is 2.30. The molecule has 6 aromatic rings. The second-order valence-electron chi connectivity index (χ2n) is 14.9. The third-order valence-electron chi connectivity index (χ3n) is 10.8. The quantitative estimate of drug-likeness (QED) is 0.170. The fourth-order valence-electron chi connectivity index (χ4n) is 7.69. The minimum absolute atomic E-state index is 0.759. The van der Waals surface area contributed by atoms with Crippen LogP contribution in [0.5, 0.6) is 0 Å². The monoisotopic (exact) mass is 726 g/mol. The number of hydrogen-bond acceptors (Lipinski definition) is 6. The SMILES string of the molecule is CC#N.CN1CCCN(Cc2ccc(-c3ccc4ccccc4c3)c(C#N)c2)CC1.CN1CCCN(Cc2ccc(-c3cccc4ccccc34)cc2)CC1. The smallest absolute Gasteiger partial charge is 0.0998 e. The Morgan fingerprint density at radius 2 is 1.05 bits per heavy atom. The molecule has 6 heteroatoms. The first-order valence-corrected chi connectivity index (χ1v) is 19.7. The number of nitriles is 2. The van der Waals surface area contributed by atoms with Gasteiger partial charge in [-0.15, -0.1) is 0 Å². The molecule has 280 valence electrons. The molecule has 6 aromatic carbocycles. The lowest BCUT2D eigenvalue weighted by molar-refractivity contribution is 0.269. The Hall–Kier alpha value is -5.34. The molecular weight excluding hydrogens is 673 g/mol. The number of hydrogen-bond donors (Lipinski definition) is 0. The molecule has 2 fully saturated rings. The summed E-state index contributed by atoms with van der Waals surface area (Å²) in [4.78, 5) is 9.90. The molecule has 0 saturated carbocycles. The van der Waals surface area contributed by atoms with Gasteiger partial charge in [0.15, 0.2) is 0 Å². The van der Waals surface area contributed by atoms with E-state index in [1.807, 2.05) is 0 Å². The molecule has 0 aliphatic carbocycles. The van der Waals surface area contributed by atoms with Crippen molar-refractivity contribution in [2.75, 3.05) is 66.5 Å². The van der Waals surface area contributed by atoms with E-state index in [1.54, 1.807) is 6.07 Å². The average Bonchev–Trinajstić information content (AvgIpc) is 3.56. The van der Waals surface area contributed by atoms with Crippen LogP contribution in [0.4, 0.5) is 0 Å². The van der Waals surface area contributed by atoms with Gasteiger partial charge in [-0.1, -0.05) is 115 Å². The molecule has 8 rings (SSSR count). The van der Waals surface area contributed by atoms with E-state index in [0.29, 0.717) is 0 Å². The maximum absolute atomic E-state index is 9.73. The number of rotatable bonds is 6. The molecule has 6 nitrogen and oxygen atoms in total. The van der Waals surface area contributed by atoms with Gasteiger partial charge in [0.1, 0.15) is 0 Å². The number of likely N-dealkylation sites (N-methyl/N-ethyl adjacent to an activating group) is 2. The zero-order chi connectivity index (χ0) is 38.4. The summed E-state index contributed by atoms with van der Waals surface area (Å²) in [6.07, 6.45) is 2.47. The first-order chi connectivity index (χ1) is 26.9. The summed E-state index contributed by atoms with van der Waals surface area (Å²) in [5.74, 6) is 0. The summed E-state index contributed by atoms with van der Waals surface area (Å²) in [5.41, 5.74) is 8.14. The van der Waals surface area contributed by atoms with Crippen molar-refractivity contribution in [2.24, 2.45) is 0 Å². The second kappa shape index (κ2) is 19.8. The van der Waals surface area contributed by atoms with Crippen molar-refractivity contribution >= 4 is 21.5 Å². The summed E-state index contributed by atoms with van der Waals surface area (Å²) in [6.45, 7) is 12.7. The molecule has 2 aliphatic heterocycles. The van der Waals surface area contributed by atoms with E-state index in [-0.39, 0.29) is 0 Å². The predicted molar refractivity (Wildman–Crippen MR) is 230 cm³/mol. The Bertz CT molecular complexity index is 2220. The van der Waals surface area contributed by atoms with Crippen LogP contribution in [0, 0.1) is 22.7 Å². The summed E-state index contributed by atoms with van der Waals surface area (Å²) >= 11 is 0. The van der Waals surface area contributed by atoms with Crippen molar-refractivity contribution < 1.29 is 0 Å². The maximum atomic E-state index is 9.73. The highest BCUT2D eigenvalue weighted by Gasteiger charge is 2.15. The summed E-state index contributed by atoms with van der Waals surface area (Å²) < 4.78 is 0. The van der Waals surface area contributed by atoms with E-state index < -0.39 is 0 Å². The van der Waals surface area contributed by atoms with Gasteiger partial charge < -0.3 is 9.80 Å². The van der Waals surface area contributed by atoms with Crippen LogP contribution in [-0.2, 0) is 13.1 Å². The van der Waals surface area contributed by atoms with Crippen molar-refractivity contribution in [3.8, 4) is 34.4 Å². The molecule has 0 bridgehead atoms. The Labute approximate surface area is 328 Å². The van der Waals surface area contributed by atoms with E-state index in [9.17, 15) is 5.26 Å². The molecule has 0 unspecified atom stereocenters. The Morgan fingerprint density at radius 3 is 1.73 bits per heavy atom. The number of nitrogens with zero attached hydrogens (tertiary/aromatic N) is 6. The molecule has 0 atom stereocenters. The Balaban J connectivity index is 0.000000175. The molecule has 2 saturated heterocycles. The van der Waals surface area contributed by atoms with Crippen LogP contribution in [0.25, 0.3) is 43.8 Å². The molecule has 55 heavy (non-hydrogen) atoms. The van der Waals surface area contributed by atoms with Crippen LogP contribution in [-0.4, -0.2) is 86.1 Å². The van der Waals surface area contributed by atoms with Crippen LogP contribution in [0.15, 0.2) is 127 Å². The van der Waals surface area contributed by atoms with Crippen LogP contribution in [0.3, 0.4) is 0 Å². The Morgan fingerprint density at radius 1 is 0.491 bits per heavy atom. The highest BCUT2D eigenvalue weighted by atomic mass is 15.2. The van der Waals surface area contributed by atoms with Gasteiger partial charge in [0, 0.05) is 46.2 Å². The predicted octanol–water partition coefficient (Wildman–Crippen LogP) is 9.69. The molecule has 2 heterocycles. The van der Waals surface area contributed by atoms with Gasteiger partial charge in [-0.2, -0.15) is 10.5 Å². The van der Waals surface area contributed by atoms with Crippen LogP contribution < -0.4 is 0 Å². The topological polar surface area (TPSA) is 60.5 Å². The standard InChI is InChI=1S/C24H25N3.C23H26N2.C2H3N/c1-26-11-4-12-27(14-13-26)18-19-7-10-24(23(15-19)17-25)22-9-8-20-5-2-3-6-21(20)16-22;1-24-14-5-15-25(17-16-24)18-19-10-12-21(13-11-19)23-9-4-7-20-6-2-3-8-22(20)23;1-2-3/h2-3,5-10,15-16H,4,11-14,18H2,1H3;2-4,6-13H,5,14-18H2,1H3;1H3. The van der Waals surface area contributed by atoms with Crippen molar-refractivity contribution in [3.05, 3.63) is 144 Å². The maximum Gasteiger partial charge on any atom is 0.0998 e. The normalized spacial score (nSPS) is 15.7. The molecular formula is C49H54N6. The van der Waals surface area contributed by atoms with Crippen molar-refractivity contribution in [2.45, 2.75) is 32.9 Å². The minimum Gasteiger partial charge on any atom is -0.305 e. The van der Waals surface area contributed by atoms with Crippen LogP contribution >= 0.6 is 0 Å². The van der Waals surface area contributed by atoms with Gasteiger partial charge in [0.05, 0.1) is 17.7 Å². The summed E-state index contributed by atoms with van der Waals surface area (Å²) in [6, 6.07) is 49.6. The zero-order valence-electron chi connectivity index (χ0n) is 32.8. The summed E-state index contributed by atoms with van der Waals surface area (Å²) in [5, 5.41) is 22.1. The molecule has 2 aliphatic rings.